The van der Waals surface area contributed by atoms with E-state index in [0.717, 1.165) is 0 Å². The van der Waals surface area contributed by atoms with Gasteiger partial charge in [-0.15, -0.1) is 0 Å². The Hall–Kier alpha value is -0.710. The van der Waals surface area contributed by atoms with Crippen molar-refractivity contribution in [3.05, 3.63) is 0 Å². The molecular formula is C5H7F2NO2. The van der Waals surface area contributed by atoms with Crippen molar-refractivity contribution in [2.75, 3.05) is 0 Å². The van der Waals surface area contributed by atoms with Crippen molar-refractivity contribution in [2.24, 2.45) is 5.73 Å². The zero-order valence-corrected chi connectivity index (χ0v) is 5.10. The molecule has 10 heavy (non-hydrogen) atoms. The fourth-order valence-corrected chi connectivity index (χ4v) is 0.847. The number of nitrogens with two attached hydrogens (primary N) is 1. The zero-order chi connectivity index (χ0) is 7.99. The van der Waals surface area contributed by atoms with E-state index in [-0.39, 0.29) is 6.42 Å². The molecule has 0 aromatic carbocycles. The Balaban J connectivity index is 2.81. The molecule has 1 fully saturated rings. The van der Waals surface area contributed by atoms with Crippen molar-refractivity contribution in [3.8, 4) is 0 Å². The number of rotatable bonds is 1. The van der Waals surface area contributed by atoms with Crippen molar-refractivity contribution >= 4 is 5.97 Å². The third-order valence-corrected chi connectivity index (χ3v) is 1.87. The van der Waals surface area contributed by atoms with Crippen LogP contribution in [0.25, 0.3) is 0 Å². The van der Waals surface area contributed by atoms with Gasteiger partial charge in [-0.1, -0.05) is 0 Å². The number of hydrogen-bond donors (Lipinski definition) is 2. The van der Waals surface area contributed by atoms with E-state index in [1.165, 1.54) is 0 Å². The van der Waals surface area contributed by atoms with Gasteiger partial charge in [0.25, 0.3) is 5.92 Å². The number of carboxylic acids is 1. The fourth-order valence-electron chi connectivity index (χ4n) is 0.847. The maximum absolute atomic E-state index is 12.3. The molecule has 1 rings (SSSR count). The molecule has 0 aliphatic heterocycles. The minimum absolute atomic E-state index is 0.144. The lowest BCUT2D eigenvalue weighted by Gasteiger charge is -2.42. The zero-order valence-electron chi connectivity index (χ0n) is 5.10. The third-order valence-electron chi connectivity index (χ3n) is 1.87. The minimum Gasteiger partial charge on any atom is -0.480 e. The predicted octanol–water partition coefficient (Wildman–Crippen LogP) is 0.198. The molecule has 1 saturated carbocycles. The average molecular weight is 151 g/mol. The van der Waals surface area contributed by atoms with Gasteiger partial charge in [0, 0.05) is 6.42 Å². The summed E-state index contributed by atoms with van der Waals surface area (Å²) in [6, 6.07) is 0. The van der Waals surface area contributed by atoms with Crippen LogP contribution in [0, 0.1) is 0 Å². The lowest BCUT2D eigenvalue weighted by Crippen LogP contribution is -2.68. The van der Waals surface area contributed by atoms with E-state index in [1.807, 2.05) is 0 Å². The van der Waals surface area contributed by atoms with Crippen LogP contribution in [0.15, 0.2) is 0 Å². The highest BCUT2D eigenvalue weighted by Crippen LogP contribution is 2.45. The van der Waals surface area contributed by atoms with Gasteiger partial charge >= 0.3 is 5.97 Å². The molecule has 1 unspecified atom stereocenters. The van der Waals surface area contributed by atoms with Gasteiger partial charge in [0.1, 0.15) is 0 Å². The van der Waals surface area contributed by atoms with Crippen LogP contribution < -0.4 is 5.73 Å². The molecule has 3 N–H and O–H groups in total. The second-order valence-corrected chi connectivity index (χ2v) is 2.48. The van der Waals surface area contributed by atoms with Gasteiger partial charge in [0.2, 0.25) is 0 Å². The van der Waals surface area contributed by atoms with E-state index in [9.17, 15) is 13.6 Å². The van der Waals surface area contributed by atoms with Crippen molar-refractivity contribution in [2.45, 2.75) is 24.3 Å². The number of halogens is 2. The van der Waals surface area contributed by atoms with Crippen molar-refractivity contribution < 1.29 is 18.7 Å². The Bertz CT molecular complexity index is 182. The largest absolute Gasteiger partial charge is 0.480 e. The Labute approximate surface area is 55.8 Å². The van der Waals surface area contributed by atoms with Gasteiger partial charge in [-0.25, -0.2) is 13.6 Å². The van der Waals surface area contributed by atoms with Crippen LogP contribution in [0.4, 0.5) is 8.78 Å². The first-order chi connectivity index (χ1) is 4.40. The summed E-state index contributed by atoms with van der Waals surface area (Å²) in [6.45, 7) is 0. The maximum atomic E-state index is 12.3. The molecular weight excluding hydrogens is 144 g/mol. The van der Waals surface area contributed by atoms with Crippen LogP contribution in [0.3, 0.4) is 0 Å². The number of carbonyl (C=O) groups is 1. The Kier molecular flexibility index (Phi) is 1.23. The Morgan fingerprint density at radius 2 is 2.00 bits per heavy atom. The maximum Gasteiger partial charge on any atom is 0.329 e. The second-order valence-electron chi connectivity index (χ2n) is 2.48. The number of alkyl halides is 2. The average Bonchev–Trinajstić information content (AvgIpc) is 1.83. The summed E-state index contributed by atoms with van der Waals surface area (Å²) in [5.41, 5.74) is 2.58. The summed E-state index contributed by atoms with van der Waals surface area (Å²) < 4.78 is 24.7. The molecule has 3 nitrogen and oxygen atoms in total. The topological polar surface area (TPSA) is 63.3 Å². The number of aliphatic carboxylic acids is 1. The van der Waals surface area contributed by atoms with Crippen LogP contribution in [-0.4, -0.2) is 22.5 Å². The van der Waals surface area contributed by atoms with Crippen molar-refractivity contribution in [1.29, 1.82) is 0 Å². The van der Waals surface area contributed by atoms with E-state index in [4.69, 9.17) is 10.8 Å². The smallest absolute Gasteiger partial charge is 0.329 e. The molecule has 0 saturated heterocycles. The van der Waals surface area contributed by atoms with E-state index < -0.39 is 23.9 Å². The Morgan fingerprint density at radius 3 is 2.00 bits per heavy atom. The molecule has 0 heterocycles. The van der Waals surface area contributed by atoms with Gasteiger partial charge in [0.15, 0.2) is 5.54 Å². The van der Waals surface area contributed by atoms with Gasteiger partial charge in [-0.05, 0) is 6.42 Å². The molecule has 5 heteroatoms. The first kappa shape index (κ1) is 7.40. The van der Waals surface area contributed by atoms with Gasteiger partial charge in [-0.3, -0.25) is 0 Å². The highest BCUT2D eigenvalue weighted by atomic mass is 19.3. The lowest BCUT2D eigenvalue weighted by molar-refractivity contribution is -0.186. The Morgan fingerprint density at radius 1 is 1.50 bits per heavy atom. The molecule has 0 spiro atoms. The van der Waals surface area contributed by atoms with Crippen molar-refractivity contribution in [1.82, 2.24) is 0 Å². The quantitative estimate of drug-likeness (QED) is 0.562. The first-order valence-corrected chi connectivity index (χ1v) is 2.80. The molecule has 0 aromatic rings. The summed E-state index contributed by atoms with van der Waals surface area (Å²) in [5.74, 6) is -4.84. The van der Waals surface area contributed by atoms with Crippen LogP contribution in [0.2, 0.25) is 0 Å². The summed E-state index contributed by atoms with van der Waals surface area (Å²) in [7, 11) is 0. The highest BCUT2D eigenvalue weighted by molar-refractivity contribution is 5.81. The van der Waals surface area contributed by atoms with E-state index in [1.54, 1.807) is 0 Å². The first-order valence-electron chi connectivity index (χ1n) is 2.80. The fraction of sp³-hybridized carbons (Fsp3) is 0.800. The molecule has 1 atom stereocenters. The molecule has 1 aliphatic carbocycles. The third kappa shape index (κ3) is 0.636. The van der Waals surface area contributed by atoms with E-state index in [0.29, 0.717) is 0 Å². The summed E-state index contributed by atoms with van der Waals surface area (Å²) in [6.07, 6.45) is -0.564. The standard InChI is InChI=1S/C5H7F2NO2/c6-5(7)2-1-4(5,8)3(9)10/h1-2,8H2,(H,9,10). The second kappa shape index (κ2) is 1.66. The van der Waals surface area contributed by atoms with E-state index >= 15 is 0 Å². The molecule has 58 valence electrons. The van der Waals surface area contributed by atoms with Crippen molar-refractivity contribution in [3.63, 3.8) is 0 Å². The highest BCUT2D eigenvalue weighted by Gasteiger charge is 2.64. The number of carboxylic acid groups (broad SMARTS) is 1. The van der Waals surface area contributed by atoms with Gasteiger partial charge in [-0.2, -0.15) is 0 Å². The molecule has 1 aliphatic rings. The van der Waals surface area contributed by atoms with E-state index in [2.05, 4.69) is 0 Å². The predicted molar refractivity (Wildman–Crippen MR) is 28.7 cm³/mol. The van der Waals surface area contributed by atoms with Gasteiger partial charge in [0.05, 0.1) is 0 Å². The molecule has 0 bridgehead atoms. The van der Waals surface area contributed by atoms with Crippen LogP contribution in [-0.2, 0) is 4.79 Å². The van der Waals surface area contributed by atoms with Crippen LogP contribution in [0.5, 0.6) is 0 Å². The normalized spacial score (nSPS) is 36.7. The summed E-state index contributed by atoms with van der Waals surface area (Å²) >= 11 is 0. The molecule has 0 aromatic heterocycles. The number of hydrogen-bond acceptors (Lipinski definition) is 2. The summed E-state index contributed by atoms with van der Waals surface area (Å²) in [4.78, 5) is 10.1. The van der Waals surface area contributed by atoms with Crippen LogP contribution >= 0.6 is 0 Å². The minimum atomic E-state index is -3.22. The SMILES string of the molecule is NC1(C(=O)O)CCC1(F)F. The van der Waals surface area contributed by atoms with Crippen LogP contribution in [0.1, 0.15) is 12.8 Å². The summed E-state index contributed by atoms with van der Waals surface area (Å²) in [5, 5.41) is 8.22. The molecule has 0 amide bonds. The monoisotopic (exact) mass is 151 g/mol. The molecule has 0 radical (unpaired) electrons. The lowest BCUT2D eigenvalue weighted by atomic mass is 9.73. The van der Waals surface area contributed by atoms with Gasteiger partial charge < -0.3 is 10.8 Å².